The molecule has 1 aromatic carbocycles. The summed E-state index contributed by atoms with van der Waals surface area (Å²) in [5, 5.41) is 3.42. The average molecular weight is 239 g/mol. The third-order valence-corrected chi connectivity index (χ3v) is 3.19. The van der Waals surface area contributed by atoms with E-state index < -0.39 is 0 Å². The standard InChI is InChI=1S/C12H17NO2S/c1-16-7-3-6-13-8-10-4-2-5-11-12(10)15-9-14-11/h2,4-5,13H,3,6-9H2,1H3. The molecule has 16 heavy (non-hydrogen) atoms. The molecule has 0 aromatic heterocycles. The van der Waals surface area contributed by atoms with Gasteiger partial charge in [-0.2, -0.15) is 11.8 Å². The molecular formula is C12H17NO2S. The fourth-order valence-corrected chi connectivity index (χ4v) is 2.13. The zero-order chi connectivity index (χ0) is 11.2. The Balaban J connectivity index is 1.83. The first-order chi connectivity index (χ1) is 7.92. The monoisotopic (exact) mass is 239 g/mol. The summed E-state index contributed by atoms with van der Waals surface area (Å²) in [7, 11) is 0. The molecule has 0 spiro atoms. The third-order valence-electron chi connectivity index (χ3n) is 2.50. The lowest BCUT2D eigenvalue weighted by molar-refractivity contribution is 0.173. The van der Waals surface area contributed by atoms with Gasteiger partial charge in [0.05, 0.1) is 0 Å². The Morgan fingerprint density at radius 3 is 3.19 bits per heavy atom. The van der Waals surface area contributed by atoms with Gasteiger partial charge in [-0.1, -0.05) is 12.1 Å². The molecule has 0 radical (unpaired) electrons. The van der Waals surface area contributed by atoms with Crippen molar-refractivity contribution in [3.63, 3.8) is 0 Å². The molecule has 0 saturated heterocycles. The number of benzene rings is 1. The first-order valence-corrected chi connectivity index (χ1v) is 6.88. The van der Waals surface area contributed by atoms with Crippen molar-refractivity contribution in [3.05, 3.63) is 23.8 Å². The average Bonchev–Trinajstić information content (AvgIpc) is 2.77. The molecule has 0 fully saturated rings. The summed E-state index contributed by atoms with van der Waals surface area (Å²) in [5.41, 5.74) is 1.18. The highest BCUT2D eigenvalue weighted by molar-refractivity contribution is 7.98. The number of hydrogen-bond acceptors (Lipinski definition) is 4. The summed E-state index contributed by atoms with van der Waals surface area (Å²) < 4.78 is 10.8. The van der Waals surface area contributed by atoms with Gasteiger partial charge >= 0.3 is 0 Å². The number of hydrogen-bond donors (Lipinski definition) is 1. The molecule has 0 bridgehead atoms. The number of nitrogens with one attached hydrogen (secondary N) is 1. The van der Waals surface area contributed by atoms with Crippen LogP contribution < -0.4 is 14.8 Å². The van der Waals surface area contributed by atoms with Crippen molar-refractivity contribution < 1.29 is 9.47 Å². The molecule has 2 rings (SSSR count). The summed E-state index contributed by atoms with van der Waals surface area (Å²) in [6, 6.07) is 6.03. The van der Waals surface area contributed by atoms with Crippen molar-refractivity contribution in [2.75, 3.05) is 25.3 Å². The highest BCUT2D eigenvalue weighted by Gasteiger charge is 2.16. The quantitative estimate of drug-likeness (QED) is 0.771. The predicted molar refractivity (Wildman–Crippen MR) is 67.3 cm³/mol. The largest absolute Gasteiger partial charge is 0.454 e. The minimum Gasteiger partial charge on any atom is -0.454 e. The van der Waals surface area contributed by atoms with Gasteiger partial charge in [0.2, 0.25) is 6.79 Å². The van der Waals surface area contributed by atoms with E-state index in [0.717, 1.165) is 24.6 Å². The molecule has 1 aliphatic heterocycles. The van der Waals surface area contributed by atoms with E-state index in [0.29, 0.717) is 6.79 Å². The molecule has 88 valence electrons. The molecule has 1 aromatic rings. The van der Waals surface area contributed by atoms with Gasteiger partial charge in [0.1, 0.15) is 0 Å². The van der Waals surface area contributed by atoms with Crippen LogP contribution in [0.4, 0.5) is 0 Å². The van der Waals surface area contributed by atoms with E-state index in [-0.39, 0.29) is 0 Å². The zero-order valence-electron chi connectivity index (χ0n) is 9.49. The Morgan fingerprint density at radius 1 is 1.38 bits per heavy atom. The second-order valence-electron chi connectivity index (χ2n) is 3.67. The molecule has 0 unspecified atom stereocenters. The SMILES string of the molecule is CSCCCNCc1cccc2c1OCO2. The number of fused-ring (bicyclic) bond motifs is 1. The Labute approximate surface area is 101 Å². The molecule has 4 heteroatoms. The van der Waals surface area contributed by atoms with E-state index in [2.05, 4.69) is 17.6 Å². The first-order valence-electron chi connectivity index (χ1n) is 5.49. The van der Waals surface area contributed by atoms with Gasteiger partial charge in [-0.25, -0.2) is 0 Å². The Morgan fingerprint density at radius 2 is 2.31 bits per heavy atom. The van der Waals surface area contributed by atoms with Crippen LogP contribution in [0.2, 0.25) is 0 Å². The van der Waals surface area contributed by atoms with Crippen molar-refractivity contribution in [1.82, 2.24) is 5.32 Å². The van der Waals surface area contributed by atoms with E-state index in [1.807, 2.05) is 23.9 Å². The number of rotatable bonds is 6. The van der Waals surface area contributed by atoms with Crippen LogP contribution >= 0.6 is 11.8 Å². The topological polar surface area (TPSA) is 30.5 Å². The lowest BCUT2D eigenvalue weighted by atomic mass is 10.2. The normalized spacial score (nSPS) is 13.1. The maximum absolute atomic E-state index is 5.44. The highest BCUT2D eigenvalue weighted by Crippen LogP contribution is 2.35. The van der Waals surface area contributed by atoms with Crippen LogP contribution in [-0.2, 0) is 6.54 Å². The van der Waals surface area contributed by atoms with Crippen LogP contribution in [0.5, 0.6) is 11.5 Å². The van der Waals surface area contributed by atoms with Crippen molar-refractivity contribution in [1.29, 1.82) is 0 Å². The molecular weight excluding hydrogens is 222 g/mol. The van der Waals surface area contributed by atoms with Crippen LogP contribution in [0.15, 0.2) is 18.2 Å². The molecule has 0 amide bonds. The zero-order valence-corrected chi connectivity index (χ0v) is 10.3. The van der Waals surface area contributed by atoms with Crippen LogP contribution in [0.25, 0.3) is 0 Å². The van der Waals surface area contributed by atoms with Gasteiger partial charge < -0.3 is 14.8 Å². The Hall–Kier alpha value is -0.870. The Bertz CT molecular complexity index is 344. The van der Waals surface area contributed by atoms with E-state index in [4.69, 9.17) is 9.47 Å². The van der Waals surface area contributed by atoms with E-state index in [1.54, 1.807) is 0 Å². The van der Waals surface area contributed by atoms with Crippen LogP contribution in [0, 0.1) is 0 Å². The van der Waals surface area contributed by atoms with Crippen molar-refractivity contribution in [2.45, 2.75) is 13.0 Å². The second-order valence-corrected chi connectivity index (χ2v) is 4.66. The summed E-state index contributed by atoms with van der Waals surface area (Å²) in [5.74, 6) is 2.97. The van der Waals surface area contributed by atoms with Gasteiger partial charge in [-0.15, -0.1) is 0 Å². The van der Waals surface area contributed by atoms with E-state index in [9.17, 15) is 0 Å². The maximum atomic E-state index is 5.44. The van der Waals surface area contributed by atoms with Crippen LogP contribution in [-0.4, -0.2) is 25.3 Å². The highest BCUT2D eigenvalue weighted by atomic mass is 32.2. The molecule has 3 nitrogen and oxygen atoms in total. The lowest BCUT2D eigenvalue weighted by Gasteiger charge is -2.07. The van der Waals surface area contributed by atoms with Gasteiger partial charge in [-0.3, -0.25) is 0 Å². The number of para-hydroxylation sites is 1. The smallest absolute Gasteiger partial charge is 0.231 e. The summed E-state index contributed by atoms with van der Waals surface area (Å²) >= 11 is 1.88. The molecule has 0 atom stereocenters. The summed E-state index contributed by atoms with van der Waals surface area (Å²) in [4.78, 5) is 0. The molecule has 0 aliphatic carbocycles. The third kappa shape index (κ3) is 2.83. The maximum Gasteiger partial charge on any atom is 0.231 e. The van der Waals surface area contributed by atoms with Crippen LogP contribution in [0.3, 0.4) is 0 Å². The van der Waals surface area contributed by atoms with Gasteiger partial charge in [0, 0.05) is 12.1 Å². The Kier molecular flexibility index (Phi) is 4.36. The summed E-state index contributed by atoms with van der Waals surface area (Å²) in [6.45, 7) is 2.24. The molecule has 1 heterocycles. The van der Waals surface area contributed by atoms with Crippen molar-refractivity contribution >= 4 is 11.8 Å². The van der Waals surface area contributed by atoms with Crippen LogP contribution in [0.1, 0.15) is 12.0 Å². The van der Waals surface area contributed by atoms with Crippen molar-refractivity contribution in [2.24, 2.45) is 0 Å². The van der Waals surface area contributed by atoms with Gasteiger partial charge in [-0.05, 0) is 31.0 Å². The minimum atomic E-state index is 0.346. The molecule has 1 aliphatic rings. The van der Waals surface area contributed by atoms with Gasteiger partial charge in [0.25, 0.3) is 0 Å². The number of thioether (sulfide) groups is 1. The minimum absolute atomic E-state index is 0.346. The first kappa shape index (κ1) is 11.6. The van der Waals surface area contributed by atoms with E-state index in [1.165, 1.54) is 17.7 Å². The molecule has 0 saturated carbocycles. The lowest BCUT2D eigenvalue weighted by Crippen LogP contribution is -2.15. The fraction of sp³-hybridized carbons (Fsp3) is 0.500. The van der Waals surface area contributed by atoms with E-state index >= 15 is 0 Å². The molecule has 1 N–H and O–H groups in total. The second kappa shape index (κ2) is 6.01. The fourth-order valence-electron chi connectivity index (χ4n) is 1.69. The number of ether oxygens (including phenoxy) is 2. The predicted octanol–water partition coefficient (Wildman–Crippen LogP) is 2.26. The van der Waals surface area contributed by atoms with Crippen molar-refractivity contribution in [3.8, 4) is 11.5 Å². The van der Waals surface area contributed by atoms with Gasteiger partial charge in [0.15, 0.2) is 11.5 Å². The summed E-state index contributed by atoms with van der Waals surface area (Å²) in [6.07, 6.45) is 3.34.